The van der Waals surface area contributed by atoms with Crippen LogP contribution in [0.3, 0.4) is 0 Å². The summed E-state index contributed by atoms with van der Waals surface area (Å²) in [4.78, 5) is 0. The number of aryl methyl sites for hydroxylation is 1. The van der Waals surface area contributed by atoms with Crippen molar-refractivity contribution in [3.63, 3.8) is 0 Å². The Morgan fingerprint density at radius 3 is 2.43 bits per heavy atom. The molecule has 0 aliphatic rings. The van der Waals surface area contributed by atoms with E-state index in [0.29, 0.717) is 5.56 Å². The van der Waals surface area contributed by atoms with E-state index in [4.69, 9.17) is 5.26 Å². The summed E-state index contributed by atoms with van der Waals surface area (Å²) in [5.41, 5.74) is 2.75. The average molecular weight is 188 g/mol. The molecule has 0 aliphatic carbocycles. The second-order valence-corrected chi connectivity index (χ2v) is 4.48. The number of rotatable bonds is 1. The SMILES string of the molecule is Cc1cccc(C#N)c1NC(C)(C)C. The zero-order chi connectivity index (χ0) is 10.8. The number of nitrogens with one attached hydrogen (secondary N) is 1. The summed E-state index contributed by atoms with van der Waals surface area (Å²) in [6, 6.07) is 7.94. The standard InChI is InChI=1S/C12H16N2/c1-9-6-5-7-10(8-13)11(9)14-12(2,3)4/h5-7,14H,1-4H3. The van der Waals surface area contributed by atoms with E-state index in [2.05, 4.69) is 32.2 Å². The van der Waals surface area contributed by atoms with Crippen molar-refractivity contribution in [3.8, 4) is 6.07 Å². The number of hydrogen-bond donors (Lipinski definition) is 1. The summed E-state index contributed by atoms with van der Waals surface area (Å²) in [7, 11) is 0. The Morgan fingerprint density at radius 1 is 1.29 bits per heavy atom. The molecule has 0 radical (unpaired) electrons. The number of hydrogen-bond acceptors (Lipinski definition) is 2. The van der Waals surface area contributed by atoms with Crippen LogP contribution in [0.25, 0.3) is 0 Å². The molecule has 0 saturated heterocycles. The fourth-order valence-corrected chi connectivity index (χ4v) is 1.30. The molecular formula is C12H16N2. The number of nitrogens with zero attached hydrogens (tertiary/aromatic N) is 1. The van der Waals surface area contributed by atoms with Crippen molar-refractivity contribution in [2.24, 2.45) is 0 Å². The third-order valence-corrected chi connectivity index (χ3v) is 1.89. The zero-order valence-electron chi connectivity index (χ0n) is 9.18. The van der Waals surface area contributed by atoms with Gasteiger partial charge >= 0.3 is 0 Å². The maximum Gasteiger partial charge on any atom is 0.101 e. The van der Waals surface area contributed by atoms with Gasteiger partial charge in [-0.25, -0.2) is 0 Å². The average Bonchev–Trinajstić information content (AvgIpc) is 2.06. The first-order valence-electron chi connectivity index (χ1n) is 4.72. The van der Waals surface area contributed by atoms with Crippen LogP contribution in [-0.2, 0) is 0 Å². The van der Waals surface area contributed by atoms with E-state index >= 15 is 0 Å². The molecular weight excluding hydrogens is 172 g/mol. The number of para-hydroxylation sites is 1. The highest BCUT2D eigenvalue weighted by atomic mass is 15.0. The molecule has 0 aliphatic heterocycles. The number of benzene rings is 1. The van der Waals surface area contributed by atoms with Crippen LogP contribution in [0.4, 0.5) is 5.69 Å². The smallest absolute Gasteiger partial charge is 0.101 e. The summed E-state index contributed by atoms with van der Waals surface area (Å²) < 4.78 is 0. The van der Waals surface area contributed by atoms with Gasteiger partial charge in [0.25, 0.3) is 0 Å². The molecule has 1 aromatic rings. The first-order valence-corrected chi connectivity index (χ1v) is 4.72. The van der Waals surface area contributed by atoms with E-state index in [9.17, 15) is 0 Å². The van der Waals surface area contributed by atoms with Gasteiger partial charge in [-0.2, -0.15) is 5.26 Å². The van der Waals surface area contributed by atoms with Crippen molar-refractivity contribution in [2.75, 3.05) is 5.32 Å². The second kappa shape index (κ2) is 3.71. The third-order valence-electron chi connectivity index (χ3n) is 1.89. The molecule has 0 amide bonds. The lowest BCUT2D eigenvalue weighted by Crippen LogP contribution is -2.27. The lowest BCUT2D eigenvalue weighted by atomic mass is 10.0. The van der Waals surface area contributed by atoms with Gasteiger partial charge in [-0.05, 0) is 39.3 Å². The van der Waals surface area contributed by atoms with Crippen LogP contribution in [0.5, 0.6) is 0 Å². The van der Waals surface area contributed by atoms with Crippen LogP contribution in [0.15, 0.2) is 18.2 Å². The lowest BCUT2D eigenvalue weighted by Gasteiger charge is -2.24. The zero-order valence-corrected chi connectivity index (χ0v) is 9.18. The topological polar surface area (TPSA) is 35.8 Å². The third kappa shape index (κ3) is 2.50. The molecule has 0 aromatic heterocycles. The minimum atomic E-state index is -0.0162. The van der Waals surface area contributed by atoms with Crippen LogP contribution in [-0.4, -0.2) is 5.54 Å². The molecule has 2 heteroatoms. The van der Waals surface area contributed by atoms with Gasteiger partial charge in [0.2, 0.25) is 0 Å². The van der Waals surface area contributed by atoms with E-state index < -0.39 is 0 Å². The van der Waals surface area contributed by atoms with Crippen LogP contribution in [0.1, 0.15) is 31.9 Å². The first-order chi connectivity index (χ1) is 6.44. The van der Waals surface area contributed by atoms with Crippen molar-refractivity contribution >= 4 is 5.69 Å². The minimum Gasteiger partial charge on any atom is -0.379 e. The monoisotopic (exact) mass is 188 g/mol. The maximum absolute atomic E-state index is 8.95. The van der Waals surface area contributed by atoms with Crippen molar-refractivity contribution in [1.29, 1.82) is 5.26 Å². The van der Waals surface area contributed by atoms with Crippen molar-refractivity contribution in [1.82, 2.24) is 0 Å². The van der Waals surface area contributed by atoms with Gasteiger partial charge in [-0.15, -0.1) is 0 Å². The quantitative estimate of drug-likeness (QED) is 0.735. The molecule has 1 aromatic carbocycles. The van der Waals surface area contributed by atoms with Crippen molar-refractivity contribution in [3.05, 3.63) is 29.3 Å². The molecule has 0 bridgehead atoms. The van der Waals surface area contributed by atoms with Crippen molar-refractivity contribution < 1.29 is 0 Å². The molecule has 0 spiro atoms. The fourth-order valence-electron chi connectivity index (χ4n) is 1.30. The number of anilines is 1. The predicted molar refractivity (Wildman–Crippen MR) is 59.3 cm³/mol. The molecule has 2 nitrogen and oxygen atoms in total. The predicted octanol–water partition coefficient (Wildman–Crippen LogP) is 3.08. The molecule has 74 valence electrons. The summed E-state index contributed by atoms with van der Waals surface area (Å²) in [5.74, 6) is 0. The van der Waals surface area contributed by atoms with E-state index in [1.54, 1.807) is 0 Å². The molecule has 0 heterocycles. The molecule has 1 rings (SSSR count). The van der Waals surface area contributed by atoms with E-state index in [1.165, 1.54) is 0 Å². The molecule has 0 saturated carbocycles. The van der Waals surface area contributed by atoms with Crippen LogP contribution < -0.4 is 5.32 Å². The molecule has 0 unspecified atom stereocenters. The Labute approximate surface area is 85.6 Å². The summed E-state index contributed by atoms with van der Waals surface area (Å²) in [6.07, 6.45) is 0. The van der Waals surface area contributed by atoms with Gasteiger partial charge in [0.1, 0.15) is 6.07 Å². The summed E-state index contributed by atoms with van der Waals surface area (Å²) in [6.45, 7) is 8.26. The van der Waals surface area contributed by atoms with Crippen molar-refractivity contribution in [2.45, 2.75) is 33.2 Å². The van der Waals surface area contributed by atoms with Gasteiger partial charge < -0.3 is 5.32 Å². The molecule has 1 N–H and O–H groups in total. The Hall–Kier alpha value is -1.49. The Balaban J connectivity index is 3.13. The van der Waals surface area contributed by atoms with Gasteiger partial charge in [0.15, 0.2) is 0 Å². The minimum absolute atomic E-state index is 0.0162. The lowest BCUT2D eigenvalue weighted by molar-refractivity contribution is 0.633. The fraction of sp³-hybridized carbons (Fsp3) is 0.417. The van der Waals surface area contributed by atoms with Crippen LogP contribution >= 0.6 is 0 Å². The van der Waals surface area contributed by atoms with E-state index in [-0.39, 0.29) is 5.54 Å². The Morgan fingerprint density at radius 2 is 1.93 bits per heavy atom. The Kier molecular flexibility index (Phi) is 2.81. The summed E-state index contributed by atoms with van der Waals surface area (Å²) in [5, 5.41) is 12.3. The molecule has 0 atom stereocenters. The Bertz CT molecular complexity index is 367. The highest BCUT2D eigenvalue weighted by Gasteiger charge is 2.13. The van der Waals surface area contributed by atoms with E-state index in [1.807, 2.05) is 25.1 Å². The van der Waals surface area contributed by atoms with Gasteiger partial charge in [-0.3, -0.25) is 0 Å². The van der Waals surface area contributed by atoms with Gasteiger partial charge in [0.05, 0.1) is 11.3 Å². The summed E-state index contributed by atoms with van der Waals surface area (Å²) >= 11 is 0. The highest BCUT2D eigenvalue weighted by Crippen LogP contribution is 2.23. The highest BCUT2D eigenvalue weighted by molar-refractivity contribution is 5.63. The largest absolute Gasteiger partial charge is 0.379 e. The second-order valence-electron chi connectivity index (χ2n) is 4.48. The maximum atomic E-state index is 8.95. The molecule has 14 heavy (non-hydrogen) atoms. The van der Waals surface area contributed by atoms with Gasteiger partial charge in [-0.1, -0.05) is 12.1 Å². The van der Waals surface area contributed by atoms with Crippen LogP contribution in [0.2, 0.25) is 0 Å². The van der Waals surface area contributed by atoms with Gasteiger partial charge in [0, 0.05) is 5.54 Å². The number of nitriles is 1. The first kappa shape index (κ1) is 10.6. The van der Waals surface area contributed by atoms with E-state index in [0.717, 1.165) is 11.3 Å². The van der Waals surface area contributed by atoms with Crippen LogP contribution in [0, 0.1) is 18.3 Å². The molecule has 0 fully saturated rings. The normalized spacial score (nSPS) is 10.8.